The number of benzene rings is 2. The molecule has 0 spiro atoms. The number of rotatable bonds is 6. The van der Waals surface area contributed by atoms with Crippen molar-refractivity contribution in [3.8, 4) is 17.2 Å². The fraction of sp³-hybridized carbons (Fsp3) is 0.400. The predicted molar refractivity (Wildman–Crippen MR) is 104 cm³/mol. The van der Waals surface area contributed by atoms with Gasteiger partial charge < -0.3 is 19.5 Å². The van der Waals surface area contributed by atoms with Gasteiger partial charge in [0.1, 0.15) is 0 Å². The lowest BCUT2D eigenvalue weighted by atomic mass is 9.95. The van der Waals surface area contributed by atoms with Crippen LogP contribution >= 0.6 is 11.6 Å². The molecule has 0 aromatic heterocycles. The average Bonchev–Trinajstić information content (AvgIpc) is 2.68. The van der Waals surface area contributed by atoms with Crippen LogP contribution in [0.15, 0.2) is 36.4 Å². The van der Waals surface area contributed by atoms with E-state index >= 15 is 0 Å². The van der Waals surface area contributed by atoms with Crippen molar-refractivity contribution in [1.29, 1.82) is 0 Å². The first-order valence-electron chi connectivity index (χ1n) is 8.68. The maximum atomic E-state index is 6.29. The van der Waals surface area contributed by atoms with Crippen LogP contribution in [0.5, 0.6) is 17.2 Å². The zero-order valence-electron chi connectivity index (χ0n) is 15.4. The number of hydrogen-bond donors (Lipinski definition) is 1. The van der Waals surface area contributed by atoms with Gasteiger partial charge in [0.15, 0.2) is 11.5 Å². The first kappa shape index (κ1) is 18.8. The number of halogens is 1. The van der Waals surface area contributed by atoms with Crippen LogP contribution in [0, 0.1) is 0 Å². The smallest absolute Gasteiger partial charge is 0.203 e. The van der Waals surface area contributed by atoms with Gasteiger partial charge in [-0.05, 0) is 29.8 Å². The Balaban J connectivity index is 2.15. The molecule has 26 heavy (non-hydrogen) atoms. The van der Waals surface area contributed by atoms with E-state index in [0.29, 0.717) is 17.2 Å². The summed E-state index contributed by atoms with van der Waals surface area (Å²) >= 11 is 6.29. The van der Waals surface area contributed by atoms with Crippen LogP contribution in [-0.2, 0) is 0 Å². The molecule has 1 aliphatic rings. The number of piperazine rings is 1. The third-order valence-electron chi connectivity index (χ3n) is 4.71. The average molecular weight is 377 g/mol. The Morgan fingerprint density at radius 3 is 2.31 bits per heavy atom. The maximum absolute atomic E-state index is 6.29. The summed E-state index contributed by atoms with van der Waals surface area (Å²) in [7, 11) is 4.92. The molecule has 1 heterocycles. The van der Waals surface area contributed by atoms with Gasteiger partial charge in [0, 0.05) is 36.8 Å². The van der Waals surface area contributed by atoms with Crippen LogP contribution in [0.25, 0.3) is 0 Å². The molecule has 1 atom stereocenters. The molecule has 0 radical (unpaired) electrons. The Kier molecular flexibility index (Phi) is 6.25. The second-order valence-corrected chi connectivity index (χ2v) is 6.60. The van der Waals surface area contributed by atoms with Gasteiger partial charge in [0.05, 0.1) is 27.4 Å². The van der Waals surface area contributed by atoms with Gasteiger partial charge in [0.25, 0.3) is 0 Å². The standard InChI is InChI=1S/C20H25ClN2O3/c1-24-17-8-7-16(19(25-2)20(17)26-3)18(23-11-9-22-10-12-23)14-5-4-6-15(21)13-14/h4-8,13,18,22H,9-12H2,1-3H3. The highest BCUT2D eigenvalue weighted by Crippen LogP contribution is 2.45. The van der Waals surface area contributed by atoms with Crippen molar-refractivity contribution in [2.24, 2.45) is 0 Å². The van der Waals surface area contributed by atoms with Crippen LogP contribution in [0.4, 0.5) is 0 Å². The topological polar surface area (TPSA) is 43.0 Å². The summed E-state index contributed by atoms with van der Waals surface area (Å²) in [4.78, 5) is 2.44. The largest absolute Gasteiger partial charge is 0.493 e. The minimum Gasteiger partial charge on any atom is -0.493 e. The molecule has 0 amide bonds. The lowest BCUT2D eigenvalue weighted by Gasteiger charge is -2.36. The summed E-state index contributed by atoms with van der Waals surface area (Å²) in [5, 5.41) is 4.13. The summed E-state index contributed by atoms with van der Waals surface area (Å²) < 4.78 is 16.8. The molecule has 2 aromatic carbocycles. The fourth-order valence-electron chi connectivity index (χ4n) is 3.54. The first-order chi connectivity index (χ1) is 12.7. The molecule has 1 unspecified atom stereocenters. The van der Waals surface area contributed by atoms with Crippen LogP contribution in [0.3, 0.4) is 0 Å². The lowest BCUT2D eigenvalue weighted by Crippen LogP contribution is -2.45. The van der Waals surface area contributed by atoms with Gasteiger partial charge in [-0.2, -0.15) is 0 Å². The Morgan fingerprint density at radius 2 is 1.69 bits per heavy atom. The number of nitrogens with one attached hydrogen (secondary N) is 1. The Bertz CT molecular complexity index is 748. The molecular weight excluding hydrogens is 352 g/mol. The Morgan fingerprint density at radius 1 is 0.962 bits per heavy atom. The lowest BCUT2D eigenvalue weighted by molar-refractivity contribution is 0.194. The second-order valence-electron chi connectivity index (χ2n) is 6.17. The Labute approximate surface area is 159 Å². The SMILES string of the molecule is COc1ccc(C(c2cccc(Cl)c2)N2CCNCC2)c(OC)c1OC. The fourth-order valence-corrected chi connectivity index (χ4v) is 3.74. The van der Waals surface area contributed by atoms with E-state index < -0.39 is 0 Å². The second kappa shape index (κ2) is 8.62. The van der Waals surface area contributed by atoms with E-state index in [1.165, 1.54) is 0 Å². The molecule has 0 aliphatic carbocycles. The molecule has 0 saturated carbocycles. The van der Waals surface area contributed by atoms with Crippen molar-refractivity contribution < 1.29 is 14.2 Å². The van der Waals surface area contributed by atoms with Crippen molar-refractivity contribution in [3.05, 3.63) is 52.5 Å². The van der Waals surface area contributed by atoms with Gasteiger partial charge in [-0.1, -0.05) is 23.7 Å². The zero-order chi connectivity index (χ0) is 18.5. The summed E-state index contributed by atoms with van der Waals surface area (Å²) in [5.74, 6) is 1.95. The predicted octanol–water partition coefficient (Wildman–Crippen LogP) is 3.36. The quantitative estimate of drug-likeness (QED) is 0.837. The van der Waals surface area contributed by atoms with Crippen molar-refractivity contribution >= 4 is 11.6 Å². The van der Waals surface area contributed by atoms with E-state index in [0.717, 1.165) is 42.3 Å². The molecule has 1 aliphatic heterocycles. The van der Waals surface area contributed by atoms with Gasteiger partial charge in [-0.15, -0.1) is 0 Å². The summed E-state index contributed by atoms with van der Waals surface area (Å²) in [6.45, 7) is 3.78. The molecule has 1 N–H and O–H groups in total. The van der Waals surface area contributed by atoms with Gasteiger partial charge in [-0.3, -0.25) is 4.90 Å². The van der Waals surface area contributed by atoms with E-state index in [1.807, 2.05) is 30.3 Å². The van der Waals surface area contributed by atoms with E-state index in [1.54, 1.807) is 21.3 Å². The van der Waals surface area contributed by atoms with Crippen LogP contribution in [0.1, 0.15) is 17.2 Å². The zero-order valence-corrected chi connectivity index (χ0v) is 16.2. The first-order valence-corrected chi connectivity index (χ1v) is 9.06. The highest BCUT2D eigenvalue weighted by molar-refractivity contribution is 6.30. The van der Waals surface area contributed by atoms with Crippen molar-refractivity contribution in [3.63, 3.8) is 0 Å². The van der Waals surface area contributed by atoms with Crippen molar-refractivity contribution in [2.45, 2.75) is 6.04 Å². The molecule has 3 rings (SSSR count). The minimum absolute atomic E-state index is 0.0190. The third-order valence-corrected chi connectivity index (χ3v) is 4.95. The maximum Gasteiger partial charge on any atom is 0.203 e. The molecule has 2 aromatic rings. The molecule has 0 bridgehead atoms. The van der Waals surface area contributed by atoms with E-state index in [-0.39, 0.29) is 6.04 Å². The van der Waals surface area contributed by atoms with Gasteiger partial charge in [0.2, 0.25) is 5.75 Å². The normalized spacial score (nSPS) is 16.2. The molecular formula is C20H25ClN2O3. The number of hydrogen-bond acceptors (Lipinski definition) is 5. The van der Waals surface area contributed by atoms with E-state index in [9.17, 15) is 0 Å². The minimum atomic E-state index is 0.0190. The molecule has 5 nitrogen and oxygen atoms in total. The molecule has 140 valence electrons. The summed E-state index contributed by atoms with van der Waals surface area (Å²) in [6.07, 6.45) is 0. The highest BCUT2D eigenvalue weighted by atomic mass is 35.5. The summed E-state index contributed by atoms with van der Waals surface area (Å²) in [5.41, 5.74) is 2.17. The molecule has 1 fully saturated rings. The molecule has 1 saturated heterocycles. The van der Waals surface area contributed by atoms with Crippen LogP contribution in [-0.4, -0.2) is 52.4 Å². The number of nitrogens with zero attached hydrogens (tertiary/aromatic N) is 1. The van der Waals surface area contributed by atoms with E-state index in [4.69, 9.17) is 25.8 Å². The van der Waals surface area contributed by atoms with E-state index in [2.05, 4.69) is 16.3 Å². The molecule has 6 heteroatoms. The van der Waals surface area contributed by atoms with Gasteiger partial charge in [-0.25, -0.2) is 0 Å². The Hall–Kier alpha value is -1.95. The highest BCUT2D eigenvalue weighted by Gasteiger charge is 2.29. The van der Waals surface area contributed by atoms with Crippen molar-refractivity contribution in [2.75, 3.05) is 47.5 Å². The van der Waals surface area contributed by atoms with Gasteiger partial charge >= 0.3 is 0 Å². The summed E-state index contributed by atoms with van der Waals surface area (Å²) in [6, 6.07) is 12.0. The number of methoxy groups -OCH3 is 3. The van der Waals surface area contributed by atoms with Crippen molar-refractivity contribution in [1.82, 2.24) is 10.2 Å². The monoisotopic (exact) mass is 376 g/mol. The van der Waals surface area contributed by atoms with Crippen LogP contribution < -0.4 is 19.5 Å². The van der Waals surface area contributed by atoms with Crippen LogP contribution in [0.2, 0.25) is 5.02 Å². The third kappa shape index (κ3) is 3.75. The number of ether oxygens (including phenoxy) is 3.